The van der Waals surface area contributed by atoms with Gasteiger partial charge in [0.15, 0.2) is 0 Å². The van der Waals surface area contributed by atoms with Gasteiger partial charge in [-0.1, -0.05) is 24.6 Å². The Kier molecular flexibility index (Phi) is 4.82. The van der Waals surface area contributed by atoms with Crippen molar-refractivity contribution in [3.8, 4) is 0 Å². The van der Waals surface area contributed by atoms with E-state index in [4.69, 9.17) is 17.3 Å². The fourth-order valence-electron chi connectivity index (χ4n) is 1.96. The molecular weight excluding hydrogens is 310 g/mol. The number of aromatic nitrogens is 1. The van der Waals surface area contributed by atoms with Crippen molar-refractivity contribution in [3.05, 3.63) is 52.8 Å². The van der Waals surface area contributed by atoms with Crippen molar-refractivity contribution < 1.29 is 8.42 Å². The summed E-state index contributed by atoms with van der Waals surface area (Å²) < 4.78 is 27.1. The van der Waals surface area contributed by atoms with Crippen molar-refractivity contribution in [1.82, 2.24) is 9.71 Å². The van der Waals surface area contributed by atoms with Crippen LogP contribution >= 0.6 is 11.6 Å². The number of nitrogen functional groups attached to an aromatic ring is 1. The number of benzene rings is 1. The fraction of sp³-hybridized carbons (Fsp3) is 0.214. The molecule has 0 saturated heterocycles. The number of anilines is 1. The molecule has 0 bridgehead atoms. The second-order valence-corrected chi connectivity index (χ2v) is 6.64. The van der Waals surface area contributed by atoms with Gasteiger partial charge in [0.1, 0.15) is 4.90 Å². The van der Waals surface area contributed by atoms with E-state index in [1.807, 2.05) is 19.1 Å². The van der Waals surface area contributed by atoms with Gasteiger partial charge >= 0.3 is 0 Å². The zero-order chi connectivity index (χ0) is 15.5. The first kappa shape index (κ1) is 15.8. The van der Waals surface area contributed by atoms with E-state index in [9.17, 15) is 8.42 Å². The minimum absolute atomic E-state index is 0.0147. The van der Waals surface area contributed by atoms with E-state index in [-0.39, 0.29) is 17.1 Å². The lowest BCUT2D eigenvalue weighted by molar-refractivity contribution is 0.580. The number of hydrogen-bond acceptors (Lipinski definition) is 4. The first-order valence-corrected chi connectivity index (χ1v) is 8.27. The number of sulfonamides is 1. The second-order valence-electron chi connectivity index (χ2n) is 4.47. The topological polar surface area (TPSA) is 85.1 Å². The molecule has 0 amide bonds. The average Bonchev–Trinajstić information content (AvgIpc) is 2.45. The predicted octanol–water partition coefficient (Wildman–Crippen LogP) is 2.36. The van der Waals surface area contributed by atoms with E-state index in [2.05, 4.69) is 9.71 Å². The molecule has 2 aromatic rings. The highest BCUT2D eigenvalue weighted by atomic mass is 35.5. The summed E-state index contributed by atoms with van der Waals surface area (Å²) in [6.07, 6.45) is 2.42. The minimum atomic E-state index is -3.70. The highest BCUT2D eigenvalue weighted by molar-refractivity contribution is 7.89. The van der Waals surface area contributed by atoms with Crippen LogP contribution in [-0.2, 0) is 23.0 Å². The van der Waals surface area contributed by atoms with Gasteiger partial charge in [-0.15, -0.1) is 0 Å². The van der Waals surface area contributed by atoms with Crippen LogP contribution in [0.25, 0.3) is 0 Å². The number of hydrogen-bond donors (Lipinski definition) is 2. The van der Waals surface area contributed by atoms with Crippen LogP contribution in [0.15, 0.2) is 41.4 Å². The van der Waals surface area contributed by atoms with Crippen molar-refractivity contribution in [1.29, 1.82) is 0 Å². The summed E-state index contributed by atoms with van der Waals surface area (Å²) in [5, 5.41) is 0.393. The van der Waals surface area contributed by atoms with E-state index in [0.29, 0.717) is 10.7 Å². The Bertz CT molecular complexity index is 748. The lowest BCUT2D eigenvalue weighted by Gasteiger charge is -2.11. The SMILES string of the molecule is CCc1cccnc1CNS(=O)(=O)c1ccc(Cl)cc1N. The highest BCUT2D eigenvalue weighted by Crippen LogP contribution is 2.22. The summed E-state index contributed by atoms with van der Waals surface area (Å²) >= 11 is 5.77. The number of rotatable bonds is 5. The Morgan fingerprint density at radius 2 is 2.10 bits per heavy atom. The molecular formula is C14H16ClN3O2S. The van der Waals surface area contributed by atoms with Gasteiger partial charge in [0.2, 0.25) is 10.0 Å². The van der Waals surface area contributed by atoms with Gasteiger partial charge < -0.3 is 5.73 Å². The molecule has 0 unspecified atom stereocenters. The number of pyridine rings is 1. The molecule has 2 rings (SSSR count). The van der Waals surface area contributed by atoms with Gasteiger partial charge in [0, 0.05) is 11.2 Å². The number of nitrogens with two attached hydrogens (primary N) is 1. The highest BCUT2D eigenvalue weighted by Gasteiger charge is 2.18. The van der Waals surface area contributed by atoms with Crippen LogP contribution in [-0.4, -0.2) is 13.4 Å². The van der Waals surface area contributed by atoms with E-state index in [1.165, 1.54) is 18.2 Å². The Labute approximate surface area is 129 Å². The van der Waals surface area contributed by atoms with E-state index < -0.39 is 10.0 Å². The normalized spacial score (nSPS) is 11.5. The summed E-state index contributed by atoms with van der Waals surface area (Å²) in [4.78, 5) is 4.22. The van der Waals surface area contributed by atoms with Gasteiger partial charge in [-0.3, -0.25) is 4.98 Å². The summed E-state index contributed by atoms with van der Waals surface area (Å²) in [7, 11) is -3.70. The molecule has 0 atom stereocenters. The number of nitrogens with zero attached hydrogens (tertiary/aromatic N) is 1. The van der Waals surface area contributed by atoms with Crippen LogP contribution in [0.3, 0.4) is 0 Å². The maximum Gasteiger partial charge on any atom is 0.242 e. The van der Waals surface area contributed by atoms with Crippen LogP contribution in [0.5, 0.6) is 0 Å². The molecule has 1 aromatic heterocycles. The molecule has 3 N–H and O–H groups in total. The van der Waals surface area contributed by atoms with E-state index >= 15 is 0 Å². The van der Waals surface area contributed by atoms with Crippen LogP contribution in [0.1, 0.15) is 18.2 Å². The maximum absolute atomic E-state index is 12.3. The van der Waals surface area contributed by atoms with Crippen molar-refractivity contribution in [3.63, 3.8) is 0 Å². The summed E-state index contributed by atoms with van der Waals surface area (Å²) in [6, 6.07) is 8.04. The molecule has 0 radical (unpaired) electrons. The number of nitrogens with one attached hydrogen (secondary N) is 1. The zero-order valence-corrected chi connectivity index (χ0v) is 13.1. The van der Waals surface area contributed by atoms with Gasteiger partial charge in [-0.2, -0.15) is 0 Å². The standard InChI is InChI=1S/C14H16ClN3O2S/c1-2-10-4-3-7-17-13(10)9-18-21(19,20)14-6-5-11(15)8-12(14)16/h3-8,18H,2,9,16H2,1H3. The van der Waals surface area contributed by atoms with Crippen LogP contribution < -0.4 is 10.5 Å². The summed E-state index contributed by atoms with van der Waals surface area (Å²) in [5.74, 6) is 0. The van der Waals surface area contributed by atoms with Crippen molar-refractivity contribution in [2.45, 2.75) is 24.8 Å². The van der Waals surface area contributed by atoms with E-state index in [0.717, 1.165) is 12.0 Å². The van der Waals surface area contributed by atoms with Crippen LogP contribution in [0.2, 0.25) is 5.02 Å². The van der Waals surface area contributed by atoms with Crippen molar-refractivity contribution in [2.24, 2.45) is 0 Å². The van der Waals surface area contributed by atoms with Gasteiger partial charge in [0.25, 0.3) is 0 Å². The molecule has 0 spiro atoms. The average molecular weight is 326 g/mol. The maximum atomic E-state index is 12.3. The van der Waals surface area contributed by atoms with Crippen LogP contribution in [0.4, 0.5) is 5.69 Å². The van der Waals surface area contributed by atoms with Crippen LogP contribution in [0, 0.1) is 0 Å². The summed E-state index contributed by atoms with van der Waals surface area (Å²) in [6.45, 7) is 2.11. The number of aryl methyl sites for hydroxylation is 1. The molecule has 0 saturated carbocycles. The Balaban J connectivity index is 2.22. The first-order chi connectivity index (χ1) is 9.94. The molecule has 112 valence electrons. The smallest absolute Gasteiger partial charge is 0.242 e. The lowest BCUT2D eigenvalue weighted by atomic mass is 10.1. The quantitative estimate of drug-likeness (QED) is 0.826. The minimum Gasteiger partial charge on any atom is -0.398 e. The Hall–Kier alpha value is -1.63. The van der Waals surface area contributed by atoms with E-state index in [1.54, 1.807) is 6.20 Å². The monoisotopic (exact) mass is 325 g/mol. The van der Waals surface area contributed by atoms with Gasteiger partial charge in [0.05, 0.1) is 17.9 Å². The van der Waals surface area contributed by atoms with Crippen molar-refractivity contribution in [2.75, 3.05) is 5.73 Å². The third kappa shape index (κ3) is 3.72. The zero-order valence-electron chi connectivity index (χ0n) is 11.5. The molecule has 0 fully saturated rings. The molecule has 0 aliphatic heterocycles. The molecule has 0 aliphatic carbocycles. The molecule has 7 heteroatoms. The lowest BCUT2D eigenvalue weighted by Crippen LogP contribution is -2.25. The summed E-state index contributed by atoms with van der Waals surface area (Å²) in [5.41, 5.74) is 7.54. The molecule has 1 aromatic carbocycles. The first-order valence-electron chi connectivity index (χ1n) is 6.41. The van der Waals surface area contributed by atoms with Gasteiger partial charge in [-0.25, -0.2) is 13.1 Å². The fourth-order valence-corrected chi connectivity index (χ4v) is 3.24. The third-order valence-corrected chi connectivity index (χ3v) is 4.77. The molecule has 21 heavy (non-hydrogen) atoms. The largest absolute Gasteiger partial charge is 0.398 e. The Morgan fingerprint density at radius 3 is 2.76 bits per heavy atom. The molecule has 1 heterocycles. The predicted molar refractivity (Wildman–Crippen MR) is 83.5 cm³/mol. The van der Waals surface area contributed by atoms with Gasteiger partial charge in [-0.05, 0) is 36.2 Å². The Morgan fingerprint density at radius 1 is 1.33 bits per heavy atom. The second kappa shape index (κ2) is 6.43. The molecule has 5 nitrogen and oxygen atoms in total. The number of halogens is 1. The molecule has 0 aliphatic rings. The third-order valence-electron chi connectivity index (χ3n) is 3.06. The van der Waals surface area contributed by atoms with Crippen molar-refractivity contribution >= 4 is 27.3 Å².